The van der Waals surface area contributed by atoms with Gasteiger partial charge in [0.15, 0.2) is 0 Å². The van der Waals surface area contributed by atoms with Gasteiger partial charge in [-0.2, -0.15) is 0 Å². The highest BCUT2D eigenvalue weighted by molar-refractivity contribution is 8.30. The van der Waals surface area contributed by atoms with E-state index >= 15 is 0 Å². The first-order valence-electron chi connectivity index (χ1n) is 10.6. The molecule has 0 bridgehead atoms. The SMILES string of the molecule is CCSC/N=C\S(=O)CSCSCSCSCSC(=O)NCSCSCSCSC/N=C\S(=O)CCO. The van der Waals surface area contributed by atoms with Gasteiger partial charge in [0.2, 0.25) is 0 Å². The third kappa shape index (κ3) is 32.9. The minimum Gasteiger partial charge on any atom is -0.395 e. The average molecular weight is 742 g/mol. The van der Waals surface area contributed by atoms with Gasteiger partial charge in [-0.15, -0.1) is 106 Å². The molecule has 37 heavy (non-hydrogen) atoms. The number of carbonyl (C=O) groups excluding carboxylic acids is 1. The number of nitrogens with zero attached hydrogens (tertiary/aromatic N) is 2. The van der Waals surface area contributed by atoms with E-state index in [9.17, 15) is 13.2 Å². The normalized spacial score (nSPS) is 13.5. The summed E-state index contributed by atoms with van der Waals surface area (Å²) in [4.78, 5) is 20.1. The van der Waals surface area contributed by atoms with Crippen molar-refractivity contribution in [1.29, 1.82) is 0 Å². The lowest BCUT2D eigenvalue weighted by Gasteiger charge is -2.05. The second-order valence-electron chi connectivity index (χ2n) is 5.84. The van der Waals surface area contributed by atoms with Crippen LogP contribution in [0.4, 0.5) is 4.79 Å². The van der Waals surface area contributed by atoms with E-state index in [4.69, 9.17) is 5.11 Å². The van der Waals surface area contributed by atoms with Crippen LogP contribution >= 0.6 is 118 Å². The Morgan fingerprint density at radius 3 is 1.95 bits per heavy atom. The molecule has 0 aliphatic carbocycles. The highest BCUT2D eigenvalue weighted by Gasteiger charge is 2.02. The Bertz CT molecular complexity index is 649. The molecule has 0 spiro atoms. The molecule has 0 aromatic carbocycles. The summed E-state index contributed by atoms with van der Waals surface area (Å²) in [6, 6.07) is 0. The van der Waals surface area contributed by atoms with Crippen molar-refractivity contribution in [2.75, 3.05) is 76.4 Å². The molecule has 7 nitrogen and oxygen atoms in total. The van der Waals surface area contributed by atoms with Gasteiger partial charge in [-0.3, -0.25) is 23.2 Å². The van der Waals surface area contributed by atoms with Gasteiger partial charge in [-0.25, -0.2) is 0 Å². The zero-order chi connectivity index (χ0) is 27.2. The van der Waals surface area contributed by atoms with Gasteiger partial charge >= 0.3 is 0 Å². The lowest BCUT2D eigenvalue weighted by molar-refractivity contribution is 0.262. The van der Waals surface area contributed by atoms with Crippen LogP contribution < -0.4 is 5.32 Å². The van der Waals surface area contributed by atoms with E-state index in [1.54, 1.807) is 64.4 Å². The predicted octanol–water partition coefficient (Wildman–Crippen LogP) is 6.13. The van der Waals surface area contributed by atoms with Crippen molar-refractivity contribution in [3.8, 4) is 0 Å². The lowest BCUT2D eigenvalue weighted by atomic mass is 10.9. The first kappa shape index (κ1) is 39.6. The van der Waals surface area contributed by atoms with Crippen LogP contribution in [0.15, 0.2) is 9.98 Å². The van der Waals surface area contributed by atoms with E-state index < -0.39 is 21.6 Å². The van der Waals surface area contributed by atoms with E-state index in [1.807, 2.05) is 47.0 Å². The van der Waals surface area contributed by atoms with Crippen LogP contribution in [0, 0.1) is 0 Å². The predicted molar refractivity (Wildman–Crippen MR) is 194 cm³/mol. The molecule has 2 atom stereocenters. The fraction of sp³-hybridized carbons (Fsp3) is 0.833. The molecule has 0 aliphatic heterocycles. The molecule has 0 aromatic rings. The highest BCUT2D eigenvalue weighted by atomic mass is 32.3. The standard InChI is InChI=1S/C18H35N3O4S12/c1-2-26-5-19-9-37(25)17-34-15-32-13-31-14-33-16-35-18(23)21-7-28-11-30-12-29-10-27-6-20-8-36(24)4-3-22/h8-9,22H,2-7,10-17H2,1H3,(H,21,23)/b19-9-,20-8-. The zero-order valence-corrected chi connectivity index (χ0v) is 30.3. The van der Waals surface area contributed by atoms with Crippen LogP contribution in [0.5, 0.6) is 0 Å². The minimum absolute atomic E-state index is 0.0249. The summed E-state index contributed by atoms with van der Waals surface area (Å²) < 4.78 is 23.0. The first-order chi connectivity index (χ1) is 18.1. The number of carbonyl (C=O) groups is 1. The van der Waals surface area contributed by atoms with Crippen LogP contribution in [0.3, 0.4) is 0 Å². The molecular formula is C18H35N3O4S12. The number of amides is 1. The quantitative estimate of drug-likeness (QED) is 0.0437. The summed E-state index contributed by atoms with van der Waals surface area (Å²) in [6.45, 7) is 2.00. The molecule has 2 N–H and O–H groups in total. The van der Waals surface area contributed by atoms with E-state index in [0.29, 0.717) is 22.7 Å². The Labute approximate surface area is 269 Å². The number of aliphatic hydroxyl groups is 1. The maximum Gasteiger partial charge on any atom is 0.280 e. The van der Waals surface area contributed by atoms with Gasteiger partial charge < -0.3 is 10.4 Å². The summed E-state index contributed by atoms with van der Waals surface area (Å²) in [7, 11) is -2.14. The number of rotatable bonds is 27. The van der Waals surface area contributed by atoms with Crippen molar-refractivity contribution >= 4 is 156 Å². The average Bonchev–Trinajstić information content (AvgIpc) is 2.88. The van der Waals surface area contributed by atoms with E-state index in [-0.39, 0.29) is 17.6 Å². The maximum absolute atomic E-state index is 11.9. The van der Waals surface area contributed by atoms with Crippen molar-refractivity contribution in [2.24, 2.45) is 9.98 Å². The third-order valence-corrected chi connectivity index (χ3v) is 16.9. The molecule has 0 rings (SSSR count). The van der Waals surface area contributed by atoms with Gasteiger partial charge in [-0.1, -0.05) is 18.7 Å². The molecule has 0 saturated heterocycles. The lowest BCUT2D eigenvalue weighted by Crippen LogP contribution is -2.17. The minimum atomic E-state index is -1.16. The van der Waals surface area contributed by atoms with Crippen LogP contribution in [0.25, 0.3) is 0 Å². The van der Waals surface area contributed by atoms with Crippen molar-refractivity contribution in [2.45, 2.75) is 6.92 Å². The summed E-state index contributed by atoms with van der Waals surface area (Å²) >= 11 is 17.2. The fourth-order valence-corrected chi connectivity index (χ4v) is 14.0. The number of thioether (sulfide) groups is 10. The van der Waals surface area contributed by atoms with E-state index in [1.165, 1.54) is 17.3 Å². The first-order valence-corrected chi connectivity index (χ1v) is 24.7. The van der Waals surface area contributed by atoms with Crippen LogP contribution in [-0.2, 0) is 21.6 Å². The van der Waals surface area contributed by atoms with Gasteiger partial charge in [0, 0.05) is 35.6 Å². The Hall–Kier alpha value is 2.57. The summed E-state index contributed by atoms with van der Waals surface area (Å²) in [6.07, 6.45) is 0. The number of hydrogen-bond acceptors (Lipinski definition) is 16. The largest absolute Gasteiger partial charge is 0.395 e. The second-order valence-corrected chi connectivity index (χ2v) is 21.5. The molecule has 0 fully saturated rings. The second kappa shape index (κ2) is 33.1. The van der Waals surface area contributed by atoms with Gasteiger partial charge in [-0.05, 0) is 5.75 Å². The van der Waals surface area contributed by atoms with Gasteiger partial charge in [0.25, 0.3) is 5.24 Å². The molecule has 1 amide bonds. The molecule has 0 aliphatic rings. The monoisotopic (exact) mass is 741 g/mol. The van der Waals surface area contributed by atoms with E-state index in [2.05, 4.69) is 22.2 Å². The molecule has 0 heterocycles. The van der Waals surface area contributed by atoms with Gasteiger partial charge in [0.05, 0.1) is 67.8 Å². The van der Waals surface area contributed by atoms with Crippen molar-refractivity contribution in [3.63, 3.8) is 0 Å². The molecule has 2 unspecified atom stereocenters. The van der Waals surface area contributed by atoms with Gasteiger partial charge in [0.1, 0.15) is 0 Å². The fourth-order valence-electron chi connectivity index (χ4n) is 1.57. The molecule has 0 aromatic heterocycles. The smallest absolute Gasteiger partial charge is 0.280 e. The Morgan fingerprint density at radius 1 is 0.757 bits per heavy atom. The Kier molecular flexibility index (Phi) is 35.4. The number of aliphatic imine (C=N–C) groups is 2. The summed E-state index contributed by atoms with van der Waals surface area (Å²) in [5.41, 5.74) is 2.97. The highest BCUT2D eigenvalue weighted by Crippen LogP contribution is 2.24. The zero-order valence-electron chi connectivity index (χ0n) is 20.5. The topological polar surface area (TPSA) is 108 Å². The summed E-state index contributed by atoms with van der Waals surface area (Å²) in [5.74, 6) is 3.17. The number of nitrogens with one attached hydrogen (secondary N) is 1. The molecule has 218 valence electrons. The van der Waals surface area contributed by atoms with Crippen molar-refractivity contribution in [1.82, 2.24) is 5.32 Å². The van der Waals surface area contributed by atoms with Crippen LogP contribution in [0.2, 0.25) is 0 Å². The molecule has 19 heteroatoms. The Morgan fingerprint density at radius 2 is 1.30 bits per heavy atom. The Balaban J connectivity index is 3.31. The third-order valence-electron chi connectivity index (χ3n) is 3.00. The molecule has 0 radical (unpaired) electrons. The maximum atomic E-state index is 11.9. The molecule has 0 saturated carbocycles. The van der Waals surface area contributed by atoms with Crippen LogP contribution in [0.1, 0.15) is 6.92 Å². The van der Waals surface area contributed by atoms with E-state index in [0.717, 1.165) is 41.3 Å². The number of aliphatic hydroxyl groups excluding tert-OH is 1. The van der Waals surface area contributed by atoms with Crippen LogP contribution in [-0.4, -0.2) is 106 Å². The summed E-state index contributed by atoms with van der Waals surface area (Å²) in [5, 5.41) is 18.7. The number of hydrogen-bond donors (Lipinski definition) is 2. The molecular weight excluding hydrogens is 707 g/mol. The van der Waals surface area contributed by atoms with Crippen molar-refractivity contribution in [3.05, 3.63) is 0 Å². The van der Waals surface area contributed by atoms with Crippen molar-refractivity contribution < 1.29 is 18.3 Å².